The van der Waals surface area contributed by atoms with Crippen LogP contribution in [0.1, 0.15) is 94.7 Å². The number of aromatic amines is 1. The smallest absolute Gasteiger partial charge is 0.335 e. The van der Waals surface area contributed by atoms with Gasteiger partial charge in [0.05, 0.1) is 44.7 Å². The van der Waals surface area contributed by atoms with Gasteiger partial charge in [-0.15, -0.1) is 0 Å². The molecule has 0 spiro atoms. The molecule has 3 aliphatic rings. The van der Waals surface area contributed by atoms with E-state index in [1.54, 1.807) is 26.1 Å². The summed E-state index contributed by atoms with van der Waals surface area (Å²) in [5.41, 5.74) is -1.72. The standard InChI is InChI=1S/C39H62N8O13P2S2Si2/c1-22(2)36(48)45-39-44-35-32(37(49)46-39)43-21-47(35)38-34-33(59-66(25(7)8,26(9)10)60-65(51,23(3)4)24(5)6)30(56-38)19-53-61(50,63)57-29-17-28(55-31-12-14-41-20-42-31)16-27(29)18-54-62(64,58-34)52-15-11-13-40/h12,14,20-30,33-34,38,51H,11,15-19H2,1-10H3,(H,50,63)(H2,44,45,46,48,49)/t27-,28-,29+,30-,33-,34-,38-,61?,62+/m1/s1. The number of hydrogen-bond acceptors (Lipinski definition) is 19. The second-order valence-electron chi connectivity index (χ2n) is 18.2. The largest absolute Gasteiger partial charge is 0.474 e. The lowest BCUT2D eigenvalue weighted by Gasteiger charge is -2.47. The van der Waals surface area contributed by atoms with Crippen LogP contribution >= 0.6 is 13.4 Å². The van der Waals surface area contributed by atoms with Gasteiger partial charge in [-0.3, -0.25) is 29.0 Å². The highest BCUT2D eigenvalue weighted by Crippen LogP contribution is 2.58. The molecule has 3 fully saturated rings. The van der Waals surface area contributed by atoms with E-state index in [2.05, 4.69) is 36.3 Å². The van der Waals surface area contributed by atoms with Crippen molar-refractivity contribution >= 4 is 77.2 Å². The van der Waals surface area contributed by atoms with Crippen molar-refractivity contribution in [1.29, 1.82) is 5.26 Å². The van der Waals surface area contributed by atoms with Crippen LogP contribution in [-0.4, -0.2) is 113 Å². The van der Waals surface area contributed by atoms with Crippen LogP contribution in [0.2, 0.25) is 22.2 Å². The average Bonchev–Trinajstić information content (AvgIpc) is 3.93. The molecule has 66 heavy (non-hydrogen) atoms. The minimum Gasteiger partial charge on any atom is -0.474 e. The maximum absolute atomic E-state index is 13.5. The van der Waals surface area contributed by atoms with Gasteiger partial charge in [-0.1, -0.05) is 69.2 Å². The van der Waals surface area contributed by atoms with Crippen molar-refractivity contribution in [3.8, 4) is 11.9 Å². The summed E-state index contributed by atoms with van der Waals surface area (Å²) in [7, 11) is -7.21. The molecule has 6 rings (SSSR count). The van der Waals surface area contributed by atoms with Crippen LogP contribution in [-0.2, 0) is 64.3 Å². The van der Waals surface area contributed by atoms with Gasteiger partial charge < -0.3 is 45.8 Å². The number of H-pyrrole nitrogens is 1. The lowest BCUT2D eigenvalue weighted by atomic mass is 10.1. The lowest BCUT2D eigenvalue weighted by Crippen LogP contribution is -2.62. The Kier molecular flexibility index (Phi) is 17.4. The molecular weight excluding hydrogens is 971 g/mol. The Bertz CT molecular complexity index is 2340. The number of hydrogen-bond donors (Lipinski definition) is 4. The lowest BCUT2D eigenvalue weighted by molar-refractivity contribution is -0.118. The van der Waals surface area contributed by atoms with E-state index in [-0.39, 0.29) is 65.3 Å². The number of carbonyl (C=O) groups is 1. The minimum absolute atomic E-state index is 0.00506. The number of carbonyl (C=O) groups excluding carboxylic acids is 1. The monoisotopic (exact) mass is 1030 g/mol. The topological polar surface area (TPSA) is 266 Å². The molecule has 9 atom stereocenters. The van der Waals surface area contributed by atoms with Crippen molar-refractivity contribution in [2.24, 2.45) is 11.8 Å². The molecule has 4 N–H and O–H groups in total. The number of anilines is 1. The van der Waals surface area contributed by atoms with E-state index in [9.17, 15) is 24.5 Å². The maximum Gasteiger partial charge on any atom is 0.335 e. The summed E-state index contributed by atoms with van der Waals surface area (Å²) in [5.74, 6) is -1.10. The number of nitrogens with one attached hydrogen (secondary N) is 2. The molecule has 27 heteroatoms. The van der Waals surface area contributed by atoms with E-state index in [0.717, 1.165) is 0 Å². The summed E-state index contributed by atoms with van der Waals surface area (Å²) in [6.07, 6.45) is -1.23. The Hall–Kier alpha value is -2.48. The molecule has 2 saturated heterocycles. The molecule has 3 aromatic heterocycles. The molecule has 366 valence electrons. The molecule has 3 aromatic rings. The molecule has 0 radical (unpaired) electrons. The maximum atomic E-state index is 13.5. The number of ether oxygens (including phenoxy) is 2. The van der Waals surface area contributed by atoms with Crippen molar-refractivity contribution in [2.75, 3.05) is 25.1 Å². The van der Waals surface area contributed by atoms with Crippen molar-refractivity contribution in [1.82, 2.24) is 29.5 Å². The molecule has 2 bridgehead atoms. The molecule has 1 saturated carbocycles. The summed E-state index contributed by atoms with van der Waals surface area (Å²) in [6.45, 7) is 10.3. The number of imidazole rings is 1. The van der Waals surface area contributed by atoms with Crippen molar-refractivity contribution in [2.45, 2.75) is 147 Å². The first-order valence-corrected chi connectivity index (χ1v) is 31.2. The SMILES string of the molecule is CC(C)C(=O)Nc1nc2c(ncn2[C@@H]2O[C@@H]3COP(O)(=S)O[C@H]4C[C@H](Oc5ccncn5)C[C@@H]4CO[P@@](=S)(OCCC#N)O[C@@H]2[C@@H]3O[Si](O[Si](O)(C(C)C)C(C)C)(C(C)C)C(C)C)c(=O)[nH]1. The minimum atomic E-state index is -4.08. The van der Waals surface area contributed by atoms with Crippen LogP contribution in [0.5, 0.6) is 5.88 Å². The van der Waals surface area contributed by atoms with Crippen molar-refractivity contribution < 1.29 is 55.1 Å². The van der Waals surface area contributed by atoms with Crippen LogP contribution in [0.3, 0.4) is 0 Å². The van der Waals surface area contributed by atoms with Gasteiger partial charge in [0.1, 0.15) is 30.7 Å². The molecule has 5 heterocycles. The summed E-state index contributed by atoms with van der Waals surface area (Å²) >= 11 is 11.9. The Labute approximate surface area is 397 Å². The molecule has 1 aliphatic carbocycles. The zero-order valence-corrected chi connectivity index (χ0v) is 44.2. The van der Waals surface area contributed by atoms with Crippen molar-refractivity contribution in [3.05, 3.63) is 35.3 Å². The van der Waals surface area contributed by atoms with Crippen LogP contribution in [0.25, 0.3) is 11.2 Å². The molecule has 1 amide bonds. The van der Waals surface area contributed by atoms with Gasteiger partial charge in [0.15, 0.2) is 17.4 Å². The van der Waals surface area contributed by atoms with Gasteiger partial charge in [-0.2, -0.15) is 10.2 Å². The van der Waals surface area contributed by atoms with Gasteiger partial charge in [-0.05, 0) is 52.2 Å². The number of fused-ring (bicyclic) bond motifs is 4. The van der Waals surface area contributed by atoms with E-state index in [1.165, 1.54) is 17.2 Å². The average molecular weight is 1030 g/mol. The molecule has 2 aliphatic heterocycles. The van der Waals surface area contributed by atoms with Gasteiger partial charge in [0, 0.05) is 30.5 Å². The van der Waals surface area contributed by atoms with E-state index in [0.29, 0.717) is 12.3 Å². The van der Waals surface area contributed by atoms with E-state index in [1.807, 2.05) is 55.4 Å². The van der Waals surface area contributed by atoms with Crippen LogP contribution in [0.15, 0.2) is 29.7 Å². The summed E-state index contributed by atoms with van der Waals surface area (Å²) in [5, 5.41) is 12.2. The quantitative estimate of drug-likeness (QED) is 0.0690. The van der Waals surface area contributed by atoms with Crippen LogP contribution in [0, 0.1) is 23.2 Å². The third-order valence-corrected chi connectivity index (χ3v) is 25.6. The Morgan fingerprint density at radius 1 is 1.03 bits per heavy atom. The second-order valence-corrected chi connectivity index (χ2v) is 32.6. The van der Waals surface area contributed by atoms with Gasteiger partial charge in [-0.25, -0.2) is 15.0 Å². The van der Waals surface area contributed by atoms with Gasteiger partial charge >= 0.3 is 30.6 Å². The molecule has 21 nitrogen and oxygen atoms in total. The van der Waals surface area contributed by atoms with E-state index < -0.39 is 97.2 Å². The number of nitriles is 1. The first-order chi connectivity index (χ1) is 31.0. The van der Waals surface area contributed by atoms with Crippen LogP contribution < -0.4 is 15.6 Å². The summed E-state index contributed by atoms with van der Waals surface area (Å²) < 4.78 is 61.3. The first-order valence-electron chi connectivity index (χ1n) is 22.1. The number of aromatic nitrogens is 6. The molecule has 0 aromatic carbocycles. The number of amides is 1. The Morgan fingerprint density at radius 3 is 2.36 bits per heavy atom. The van der Waals surface area contributed by atoms with E-state index >= 15 is 0 Å². The third kappa shape index (κ3) is 11.9. The Morgan fingerprint density at radius 2 is 1.74 bits per heavy atom. The fourth-order valence-corrected chi connectivity index (χ4v) is 21.8. The fourth-order valence-electron chi connectivity index (χ4n) is 8.29. The third-order valence-electron chi connectivity index (χ3n) is 11.9. The predicted molar refractivity (Wildman–Crippen MR) is 253 cm³/mol. The van der Waals surface area contributed by atoms with Crippen LogP contribution in [0.4, 0.5) is 5.95 Å². The normalized spacial score (nSPS) is 28.9. The number of nitrogens with zero attached hydrogens (tertiary/aromatic N) is 6. The Balaban J connectivity index is 1.51. The highest BCUT2D eigenvalue weighted by Gasteiger charge is 2.60. The predicted octanol–water partition coefficient (Wildman–Crippen LogP) is 6.37. The number of rotatable bonds is 16. The van der Waals surface area contributed by atoms with E-state index in [4.69, 9.17) is 64.2 Å². The second kappa shape index (κ2) is 21.7. The molecule has 1 unspecified atom stereocenters. The first kappa shape index (κ1) is 52.9. The zero-order chi connectivity index (χ0) is 48.4. The zero-order valence-electron chi connectivity index (χ0n) is 38.8. The highest BCUT2D eigenvalue weighted by molar-refractivity contribution is 8.07. The summed E-state index contributed by atoms with van der Waals surface area (Å²) in [4.78, 5) is 70.2. The van der Waals surface area contributed by atoms with Crippen molar-refractivity contribution in [3.63, 3.8) is 0 Å². The summed E-state index contributed by atoms with van der Waals surface area (Å²) in [6, 6.07) is 3.69. The van der Waals surface area contributed by atoms with Gasteiger partial charge in [0.25, 0.3) is 5.56 Å². The fraction of sp³-hybridized carbons (Fsp3) is 0.718. The highest BCUT2D eigenvalue weighted by atomic mass is 32.5. The van der Waals surface area contributed by atoms with Gasteiger partial charge in [0.2, 0.25) is 17.7 Å². The molecular formula is C39H62N8O13P2S2Si2.